The van der Waals surface area contributed by atoms with Crippen LogP contribution in [0.25, 0.3) is 0 Å². The summed E-state index contributed by atoms with van der Waals surface area (Å²) in [4.78, 5) is 10.6. The highest BCUT2D eigenvalue weighted by atomic mass is 79.9. The molecule has 70 valence electrons. The van der Waals surface area contributed by atoms with Crippen molar-refractivity contribution in [1.29, 1.82) is 0 Å². The molecule has 6 heteroatoms. The first kappa shape index (κ1) is 10.3. The van der Waals surface area contributed by atoms with Crippen LogP contribution < -0.4 is 4.74 Å². The molecule has 0 atom stereocenters. The van der Waals surface area contributed by atoms with Gasteiger partial charge in [-0.3, -0.25) is 10.1 Å². The van der Waals surface area contributed by atoms with Gasteiger partial charge in [0.1, 0.15) is 0 Å². The highest BCUT2D eigenvalue weighted by Crippen LogP contribution is 2.34. The summed E-state index contributed by atoms with van der Waals surface area (Å²) in [5.74, 6) is 0.207. The summed E-state index contributed by atoms with van der Waals surface area (Å²) in [6.45, 7) is 0. The molecule has 0 spiro atoms. The van der Waals surface area contributed by atoms with Gasteiger partial charge in [-0.15, -0.1) is 12.6 Å². The van der Waals surface area contributed by atoms with Gasteiger partial charge < -0.3 is 4.74 Å². The fraction of sp³-hybridized carbons (Fsp3) is 0.143. The molecule has 0 N–H and O–H groups in total. The number of thiol groups is 1. The van der Waals surface area contributed by atoms with E-state index in [4.69, 9.17) is 4.74 Å². The standard InChI is InChI=1S/C7H6BrNO3S/c1-12-6-3-7(13)4(8)2-5(6)9(10)11/h2-3,13H,1H3. The lowest BCUT2D eigenvalue weighted by Gasteiger charge is -2.03. The van der Waals surface area contributed by atoms with Crippen LogP contribution in [-0.4, -0.2) is 12.0 Å². The van der Waals surface area contributed by atoms with Crippen molar-refractivity contribution in [3.05, 3.63) is 26.7 Å². The van der Waals surface area contributed by atoms with E-state index in [9.17, 15) is 10.1 Å². The minimum absolute atomic E-state index is 0.0767. The Kier molecular flexibility index (Phi) is 3.16. The van der Waals surface area contributed by atoms with E-state index in [2.05, 4.69) is 28.6 Å². The largest absolute Gasteiger partial charge is 0.490 e. The van der Waals surface area contributed by atoms with Crippen LogP contribution in [0.5, 0.6) is 5.75 Å². The molecule has 0 aliphatic rings. The molecule has 0 aliphatic heterocycles. The third kappa shape index (κ3) is 2.13. The van der Waals surface area contributed by atoms with Gasteiger partial charge in [-0.2, -0.15) is 0 Å². The maximum atomic E-state index is 10.5. The van der Waals surface area contributed by atoms with E-state index in [0.717, 1.165) is 0 Å². The van der Waals surface area contributed by atoms with Crippen molar-refractivity contribution in [2.24, 2.45) is 0 Å². The Balaban J connectivity index is 3.33. The van der Waals surface area contributed by atoms with Crippen molar-refractivity contribution in [2.45, 2.75) is 4.90 Å². The number of ether oxygens (including phenoxy) is 1. The zero-order valence-electron chi connectivity index (χ0n) is 6.65. The Morgan fingerprint density at radius 1 is 1.62 bits per heavy atom. The van der Waals surface area contributed by atoms with Crippen molar-refractivity contribution in [2.75, 3.05) is 7.11 Å². The molecule has 0 aromatic heterocycles. The molecule has 0 fully saturated rings. The molecular weight excluding hydrogens is 258 g/mol. The predicted molar refractivity (Wildman–Crippen MR) is 54.6 cm³/mol. The van der Waals surface area contributed by atoms with E-state index in [1.54, 1.807) is 0 Å². The van der Waals surface area contributed by atoms with E-state index in [1.165, 1.54) is 19.2 Å². The average molecular weight is 264 g/mol. The third-order valence-electron chi connectivity index (χ3n) is 1.45. The second kappa shape index (κ2) is 3.97. The first-order valence-electron chi connectivity index (χ1n) is 3.27. The molecule has 0 bridgehead atoms. The lowest BCUT2D eigenvalue weighted by Crippen LogP contribution is -1.93. The molecule has 1 aromatic carbocycles. The lowest BCUT2D eigenvalue weighted by atomic mass is 10.3. The smallest absolute Gasteiger partial charge is 0.312 e. The molecule has 13 heavy (non-hydrogen) atoms. The zero-order chi connectivity index (χ0) is 10.0. The Bertz CT molecular complexity index is 356. The molecular formula is C7H6BrNO3S. The van der Waals surface area contributed by atoms with Crippen LogP contribution in [0.3, 0.4) is 0 Å². The van der Waals surface area contributed by atoms with E-state index < -0.39 is 4.92 Å². The molecule has 0 radical (unpaired) electrons. The lowest BCUT2D eigenvalue weighted by molar-refractivity contribution is -0.385. The van der Waals surface area contributed by atoms with Crippen LogP contribution in [0.2, 0.25) is 0 Å². The van der Waals surface area contributed by atoms with Gasteiger partial charge in [-0.25, -0.2) is 0 Å². The Hall–Kier alpha value is -0.750. The molecule has 0 amide bonds. The molecule has 4 nitrogen and oxygen atoms in total. The van der Waals surface area contributed by atoms with Gasteiger partial charge >= 0.3 is 5.69 Å². The number of nitrogens with zero attached hydrogens (tertiary/aromatic N) is 1. The van der Waals surface area contributed by atoms with E-state index >= 15 is 0 Å². The summed E-state index contributed by atoms with van der Waals surface area (Å²) in [5.41, 5.74) is -0.0767. The van der Waals surface area contributed by atoms with Crippen LogP contribution in [0.4, 0.5) is 5.69 Å². The molecule has 1 aromatic rings. The molecule has 0 saturated heterocycles. The number of hydrogen-bond acceptors (Lipinski definition) is 4. The highest BCUT2D eigenvalue weighted by molar-refractivity contribution is 9.10. The third-order valence-corrected chi connectivity index (χ3v) is 2.78. The Morgan fingerprint density at radius 2 is 2.23 bits per heavy atom. The quantitative estimate of drug-likeness (QED) is 0.507. The number of rotatable bonds is 2. The molecule has 0 unspecified atom stereocenters. The SMILES string of the molecule is COc1cc(S)c(Br)cc1[N+](=O)[O-]. The Morgan fingerprint density at radius 3 is 2.69 bits per heavy atom. The van der Waals surface area contributed by atoms with Crippen molar-refractivity contribution in [3.8, 4) is 5.75 Å². The number of hydrogen-bond donors (Lipinski definition) is 1. The predicted octanol–water partition coefficient (Wildman–Crippen LogP) is 2.65. The van der Waals surface area contributed by atoms with Gasteiger partial charge in [0.15, 0.2) is 5.75 Å². The van der Waals surface area contributed by atoms with Crippen LogP contribution in [0.1, 0.15) is 0 Å². The van der Waals surface area contributed by atoms with Gasteiger partial charge in [0.2, 0.25) is 0 Å². The fourth-order valence-corrected chi connectivity index (χ4v) is 1.35. The van der Waals surface area contributed by atoms with Gasteiger partial charge in [-0.05, 0) is 15.9 Å². The summed E-state index contributed by atoms with van der Waals surface area (Å²) in [6.07, 6.45) is 0. The van der Waals surface area contributed by atoms with Crippen molar-refractivity contribution < 1.29 is 9.66 Å². The zero-order valence-corrected chi connectivity index (χ0v) is 9.13. The fourth-order valence-electron chi connectivity index (χ4n) is 0.838. The van der Waals surface area contributed by atoms with Crippen LogP contribution >= 0.6 is 28.6 Å². The van der Waals surface area contributed by atoms with Gasteiger partial charge in [0, 0.05) is 21.5 Å². The second-order valence-electron chi connectivity index (χ2n) is 2.23. The monoisotopic (exact) mass is 263 g/mol. The topological polar surface area (TPSA) is 52.4 Å². The van der Waals surface area contributed by atoms with Crippen molar-refractivity contribution in [3.63, 3.8) is 0 Å². The normalized spacial score (nSPS) is 9.77. The summed E-state index contributed by atoms with van der Waals surface area (Å²) in [5, 5.41) is 10.5. The van der Waals surface area contributed by atoms with Gasteiger partial charge in [0.05, 0.1) is 12.0 Å². The first-order chi connectivity index (χ1) is 6.06. The molecule has 0 aliphatic carbocycles. The van der Waals surface area contributed by atoms with E-state index in [0.29, 0.717) is 9.37 Å². The molecule has 0 heterocycles. The second-order valence-corrected chi connectivity index (χ2v) is 3.57. The first-order valence-corrected chi connectivity index (χ1v) is 4.51. The summed E-state index contributed by atoms with van der Waals surface area (Å²) < 4.78 is 5.40. The van der Waals surface area contributed by atoms with Crippen molar-refractivity contribution in [1.82, 2.24) is 0 Å². The van der Waals surface area contributed by atoms with Gasteiger partial charge in [0.25, 0.3) is 0 Å². The summed E-state index contributed by atoms with van der Waals surface area (Å²) >= 11 is 7.23. The Labute approximate surface area is 88.6 Å². The minimum atomic E-state index is -0.503. The number of nitro groups is 1. The van der Waals surface area contributed by atoms with Crippen LogP contribution in [0, 0.1) is 10.1 Å². The highest BCUT2D eigenvalue weighted by Gasteiger charge is 2.16. The number of halogens is 1. The van der Waals surface area contributed by atoms with Crippen LogP contribution in [0.15, 0.2) is 21.5 Å². The molecule has 1 rings (SSSR count). The summed E-state index contributed by atoms with van der Waals surface area (Å²) in [7, 11) is 1.38. The number of benzene rings is 1. The van der Waals surface area contributed by atoms with E-state index in [-0.39, 0.29) is 11.4 Å². The minimum Gasteiger partial charge on any atom is -0.490 e. The number of nitro benzene ring substituents is 1. The maximum Gasteiger partial charge on any atom is 0.312 e. The van der Waals surface area contributed by atoms with Crippen LogP contribution in [-0.2, 0) is 0 Å². The maximum absolute atomic E-state index is 10.5. The average Bonchev–Trinajstić information content (AvgIpc) is 2.08. The van der Waals surface area contributed by atoms with Crippen molar-refractivity contribution >= 4 is 34.2 Å². The number of methoxy groups -OCH3 is 1. The van der Waals surface area contributed by atoms with Gasteiger partial charge in [-0.1, -0.05) is 0 Å². The molecule has 0 saturated carbocycles. The van der Waals surface area contributed by atoms with E-state index in [1.807, 2.05) is 0 Å². The summed E-state index contributed by atoms with van der Waals surface area (Å²) in [6, 6.07) is 2.85.